The Hall–Kier alpha value is -2.81. The van der Waals surface area contributed by atoms with Crippen molar-refractivity contribution in [1.29, 1.82) is 0 Å². The molecule has 1 aliphatic heterocycles. The molecule has 5 atom stereocenters. The van der Waals surface area contributed by atoms with Crippen molar-refractivity contribution in [3.05, 3.63) is 163 Å². The van der Waals surface area contributed by atoms with Crippen LogP contribution in [0.15, 0.2) is 125 Å². The van der Waals surface area contributed by atoms with E-state index in [2.05, 4.69) is 83.5 Å². The zero-order valence-corrected chi connectivity index (χ0v) is 28.9. The molecule has 1 aliphatic rings. The zero-order valence-electron chi connectivity index (χ0n) is 25.8. The van der Waals surface area contributed by atoms with Crippen LogP contribution in [0.4, 0.5) is 0 Å². The molecule has 1 fully saturated rings. The van der Waals surface area contributed by atoms with Gasteiger partial charge in [-0.2, -0.15) is 0 Å². The van der Waals surface area contributed by atoms with Crippen LogP contribution in [0, 0.1) is 0 Å². The standard InChI is InChI=1S/C39H38BrClO4S/c1-2-34-37(42-24-27-12-6-3-7-13-27)39(44-26-29-16-10-5-11-17-29)38(43-25-28-14-8-4-9-15-28)36(45-34)30-18-20-33(41)31(22-30)23-32-19-21-35(40)46-32/h3-22,34,36-39H,2,23-26H2,1H3/t34-,36+,37-,38+,39+/m1/s1. The predicted molar refractivity (Wildman–Crippen MR) is 189 cm³/mol. The van der Waals surface area contributed by atoms with Gasteiger partial charge in [0, 0.05) is 16.3 Å². The van der Waals surface area contributed by atoms with E-state index in [9.17, 15) is 0 Å². The summed E-state index contributed by atoms with van der Waals surface area (Å²) in [5, 5.41) is 0.735. The van der Waals surface area contributed by atoms with E-state index >= 15 is 0 Å². The highest BCUT2D eigenvalue weighted by molar-refractivity contribution is 9.11. The number of hydrogen-bond donors (Lipinski definition) is 0. The van der Waals surface area contributed by atoms with E-state index < -0.39 is 18.3 Å². The molecule has 0 N–H and O–H groups in total. The molecule has 1 saturated heterocycles. The summed E-state index contributed by atoms with van der Waals surface area (Å²) in [5.41, 5.74) is 5.35. The largest absolute Gasteiger partial charge is 0.368 e. The Bertz CT molecular complexity index is 1650. The number of rotatable bonds is 13. The monoisotopic (exact) mass is 716 g/mol. The average Bonchev–Trinajstić information content (AvgIpc) is 3.51. The van der Waals surface area contributed by atoms with E-state index in [-0.39, 0.29) is 12.2 Å². The van der Waals surface area contributed by atoms with Crippen molar-refractivity contribution in [2.75, 3.05) is 0 Å². The third-order valence-electron chi connectivity index (χ3n) is 8.28. The van der Waals surface area contributed by atoms with E-state index in [0.717, 1.165) is 49.5 Å². The fraction of sp³-hybridized carbons (Fsp3) is 0.282. The average molecular weight is 718 g/mol. The van der Waals surface area contributed by atoms with Crippen molar-refractivity contribution in [1.82, 2.24) is 0 Å². The van der Waals surface area contributed by atoms with Crippen molar-refractivity contribution < 1.29 is 18.9 Å². The molecule has 4 aromatic carbocycles. The van der Waals surface area contributed by atoms with E-state index in [1.54, 1.807) is 11.3 Å². The van der Waals surface area contributed by atoms with Gasteiger partial charge in [0.05, 0.1) is 29.7 Å². The van der Waals surface area contributed by atoms with Gasteiger partial charge in [-0.25, -0.2) is 0 Å². The molecular formula is C39H38BrClO4S. The summed E-state index contributed by atoms with van der Waals surface area (Å²) in [6.45, 7) is 3.45. The minimum Gasteiger partial charge on any atom is -0.368 e. The van der Waals surface area contributed by atoms with Gasteiger partial charge in [0.25, 0.3) is 0 Å². The van der Waals surface area contributed by atoms with Crippen LogP contribution in [-0.4, -0.2) is 24.4 Å². The predicted octanol–water partition coefficient (Wildman–Crippen LogP) is 10.4. The van der Waals surface area contributed by atoms with E-state index in [0.29, 0.717) is 19.8 Å². The molecule has 0 aliphatic carbocycles. The van der Waals surface area contributed by atoms with Gasteiger partial charge in [-0.3, -0.25) is 0 Å². The topological polar surface area (TPSA) is 36.9 Å². The summed E-state index contributed by atoms with van der Waals surface area (Å²) in [7, 11) is 0. The van der Waals surface area contributed by atoms with Gasteiger partial charge in [0.2, 0.25) is 0 Å². The van der Waals surface area contributed by atoms with Crippen LogP contribution >= 0.6 is 38.9 Å². The third kappa shape index (κ3) is 8.55. The summed E-state index contributed by atoms with van der Waals surface area (Å²) in [6, 6.07) is 41.2. The van der Waals surface area contributed by atoms with Gasteiger partial charge in [-0.15, -0.1) is 11.3 Å². The summed E-state index contributed by atoms with van der Waals surface area (Å²) < 4.78 is 28.5. The van der Waals surface area contributed by atoms with Gasteiger partial charge < -0.3 is 18.9 Å². The second kappa shape index (κ2) is 16.3. The lowest BCUT2D eigenvalue weighted by molar-refractivity contribution is -0.267. The molecule has 0 unspecified atom stereocenters. The molecule has 46 heavy (non-hydrogen) atoms. The highest BCUT2D eigenvalue weighted by Crippen LogP contribution is 2.40. The van der Waals surface area contributed by atoms with Crippen LogP contribution in [0.3, 0.4) is 0 Å². The Morgan fingerprint density at radius 1 is 0.674 bits per heavy atom. The molecule has 0 saturated carbocycles. The van der Waals surface area contributed by atoms with Crippen LogP contribution in [0.25, 0.3) is 0 Å². The molecular weight excluding hydrogens is 680 g/mol. The third-order valence-corrected chi connectivity index (χ3v) is 10.3. The molecule has 0 bridgehead atoms. The molecule has 5 aromatic rings. The minimum atomic E-state index is -0.447. The highest BCUT2D eigenvalue weighted by atomic mass is 79.9. The first kappa shape index (κ1) is 33.1. The Morgan fingerprint density at radius 3 is 1.74 bits per heavy atom. The maximum atomic E-state index is 6.98. The van der Waals surface area contributed by atoms with Gasteiger partial charge >= 0.3 is 0 Å². The minimum absolute atomic E-state index is 0.210. The number of hydrogen-bond acceptors (Lipinski definition) is 5. The molecule has 0 spiro atoms. The maximum absolute atomic E-state index is 6.98. The summed E-state index contributed by atoms with van der Waals surface area (Å²) in [4.78, 5) is 1.23. The first-order valence-electron chi connectivity index (χ1n) is 15.7. The van der Waals surface area contributed by atoms with Crippen molar-refractivity contribution in [2.24, 2.45) is 0 Å². The Morgan fingerprint density at radius 2 is 1.22 bits per heavy atom. The molecule has 0 amide bonds. The number of thiophene rings is 1. The molecule has 6 rings (SSSR count). The Kier molecular flexibility index (Phi) is 11.8. The van der Waals surface area contributed by atoms with Crippen molar-refractivity contribution in [2.45, 2.75) is 70.1 Å². The first-order valence-corrected chi connectivity index (χ1v) is 17.7. The lowest BCUT2D eigenvalue weighted by Crippen LogP contribution is -2.57. The summed E-state index contributed by atoms with van der Waals surface area (Å²) in [5.74, 6) is 0. The first-order chi connectivity index (χ1) is 22.6. The second-order valence-electron chi connectivity index (χ2n) is 11.5. The number of benzene rings is 4. The van der Waals surface area contributed by atoms with Gasteiger partial charge in [0.15, 0.2) is 0 Å². The second-order valence-corrected chi connectivity index (χ2v) is 14.5. The molecule has 238 valence electrons. The fourth-order valence-electron chi connectivity index (χ4n) is 5.93. The van der Waals surface area contributed by atoms with Gasteiger partial charge in [-0.1, -0.05) is 122 Å². The van der Waals surface area contributed by atoms with E-state index in [1.165, 1.54) is 4.88 Å². The lowest BCUT2D eigenvalue weighted by atomic mass is 9.88. The smallest absolute Gasteiger partial charge is 0.117 e. The van der Waals surface area contributed by atoms with Crippen LogP contribution in [0.1, 0.15) is 52.1 Å². The van der Waals surface area contributed by atoms with E-state index in [4.69, 9.17) is 30.5 Å². The summed E-state index contributed by atoms with van der Waals surface area (Å²) in [6.07, 6.45) is -0.298. The molecule has 1 aromatic heterocycles. The fourth-order valence-corrected chi connectivity index (χ4v) is 7.62. The Labute approximate surface area is 289 Å². The van der Waals surface area contributed by atoms with Gasteiger partial charge in [0.1, 0.15) is 24.4 Å². The maximum Gasteiger partial charge on any atom is 0.117 e. The zero-order chi connectivity index (χ0) is 31.7. The van der Waals surface area contributed by atoms with Crippen molar-refractivity contribution in [3.63, 3.8) is 0 Å². The summed E-state index contributed by atoms with van der Waals surface area (Å²) >= 11 is 12.1. The lowest BCUT2D eigenvalue weighted by Gasteiger charge is -2.46. The van der Waals surface area contributed by atoms with Crippen molar-refractivity contribution in [3.8, 4) is 0 Å². The van der Waals surface area contributed by atoms with Crippen LogP contribution in [-0.2, 0) is 45.2 Å². The molecule has 4 nitrogen and oxygen atoms in total. The SMILES string of the molecule is CC[C@H]1O[C@@H](c2ccc(Cl)c(Cc3ccc(Br)s3)c2)[C@H](OCc2ccccc2)[C@@H](OCc2ccccc2)[C@@H]1OCc1ccccc1. The van der Waals surface area contributed by atoms with E-state index in [1.807, 2.05) is 60.7 Å². The van der Waals surface area contributed by atoms with Crippen LogP contribution in [0.5, 0.6) is 0 Å². The molecule has 7 heteroatoms. The number of halogens is 2. The highest BCUT2D eigenvalue weighted by Gasteiger charge is 2.48. The molecule has 0 radical (unpaired) electrons. The quantitative estimate of drug-likeness (QED) is 0.122. The van der Waals surface area contributed by atoms with Crippen molar-refractivity contribution >= 4 is 38.9 Å². The van der Waals surface area contributed by atoms with Crippen LogP contribution in [0.2, 0.25) is 5.02 Å². The Balaban J connectivity index is 1.36. The normalized spacial score (nSPS) is 21.3. The van der Waals surface area contributed by atoms with Gasteiger partial charge in [-0.05, 0) is 68.4 Å². The van der Waals surface area contributed by atoms with Crippen LogP contribution < -0.4 is 0 Å². The molecule has 2 heterocycles. The number of ether oxygens (including phenoxy) is 4.